The molecule has 2 unspecified atom stereocenters. The van der Waals surface area contributed by atoms with Crippen molar-refractivity contribution in [2.45, 2.75) is 25.1 Å². The highest BCUT2D eigenvalue weighted by molar-refractivity contribution is 7.88. The van der Waals surface area contributed by atoms with Crippen molar-refractivity contribution in [2.24, 2.45) is 0 Å². The molecule has 0 N–H and O–H groups in total. The highest BCUT2D eigenvalue weighted by atomic mass is 32.2. The van der Waals surface area contributed by atoms with E-state index in [1.807, 2.05) is 24.3 Å². The summed E-state index contributed by atoms with van der Waals surface area (Å²) in [4.78, 5) is 15.2. The number of hydrogen-bond donors (Lipinski definition) is 0. The van der Waals surface area contributed by atoms with Gasteiger partial charge in [0.05, 0.1) is 11.9 Å². The lowest BCUT2D eigenvalue weighted by Crippen LogP contribution is -2.49. The van der Waals surface area contributed by atoms with Gasteiger partial charge in [0.25, 0.3) is 0 Å². The highest BCUT2D eigenvalue weighted by Gasteiger charge is 2.34. The highest BCUT2D eigenvalue weighted by Crippen LogP contribution is 2.31. The molecule has 2 aromatic carbocycles. The van der Waals surface area contributed by atoms with Gasteiger partial charge in [-0.15, -0.1) is 0 Å². The minimum Gasteiger partial charge on any atom is -0.479 e. The Balaban J connectivity index is 1.52. The number of sulfonamides is 1. The van der Waals surface area contributed by atoms with Crippen molar-refractivity contribution in [2.75, 3.05) is 37.1 Å². The first-order valence-corrected chi connectivity index (χ1v) is 13.5. The van der Waals surface area contributed by atoms with E-state index >= 15 is 4.39 Å². The maximum Gasteiger partial charge on any atom is 0.316 e. The van der Waals surface area contributed by atoms with Gasteiger partial charge in [0, 0.05) is 45.1 Å². The number of nitrogens with zero attached hydrogens (tertiary/aromatic N) is 4. The van der Waals surface area contributed by atoms with Crippen molar-refractivity contribution >= 4 is 15.7 Å². The van der Waals surface area contributed by atoms with Crippen LogP contribution in [-0.4, -0.2) is 67.0 Å². The van der Waals surface area contributed by atoms with Gasteiger partial charge >= 0.3 is 5.56 Å². The predicted octanol–water partition coefficient (Wildman–Crippen LogP) is 2.77. The Bertz CT molecular complexity index is 1490. The second-order valence-electron chi connectivity index (χ2n) is 9.16. The third kappa shape index (κ3) is 5.12. The lowest BCUT2D eigenvalue weighted by molar-refractivity contribution is 0.0901. The van der Waals surface area contributed by atoms with Crippen LogP contribution in [0.4, 0.5) is 23.2 Å². The molecule has 0 spiro atoms. The molecule has 1 fully saturated rings. The molecule has 13 heteroatoms. The Morgan fingerprint density at radius 3 is 2.24 bits per heavy atom. The molecule has 1 aromatic heterocycles. The van der Waals surface area contributed by atoms with Crippen LogP contribution in [0.3, 0.4) is 0 Å². The maximum atomic E-state index is 15.2. The summed E-state index contributed by atoms with van der Waals surface area (Å²) in [5.74, 6) is -2.12. The quantitative estimate of drug-likeness (QED) is 0.438. The van der Waals surface area contributed by atoms with Crippen molar-refractivity contribution in [3.05, 3.63) is 81.8 Å². The first-order chi connectivity index (χ1) is 18.2. The largest absolute Gasteiger partial charge is 0.479 e. The number of rotatable bonds is 6. The summed E-state index contributed by atoms with van der Waals surface area (Å²) in [6.45, 7) is 0.0720. The summed E-state index contributed by atoms with van der Waals surface area (Å²) in [6.07, 6.45) is -0.926. The van der Waals surface area contributed by atoms with Gasteiger partial charge in [-0.2, -0.15) is 14.1 Å². The van der Waals surface area contributed by atoms with Crippen molar-refractivity contribution in [1.29, 1.82) is 0 Å². The number of anilines is 1. The molecule has 0 amide bonds. The molecule has 2 aliphatic rings. The summed E-state index contributed by atoms with van der Waals surface area (Å²) in [5.41, 5.74) is 0.838. The average Bonchev–Trinajstić information content (AvgIpc) is 2.89. The van der Waals surface area contributed by atoms with E-state index in [9.17, 15) is 26.4 Å². The van der Waals surface area contributed by atoms with Crippen molar-refractivity contribution in [3.8, 4) is 11.4 Å². The van der Waals surface area contributed by atoms with Gasteiger partial charge in [-0.05, 0) is 23.3 Å². The molecule has 0 saturated carbocycles. The Morgan fingerprint density at radius 1 is 0.974 bits per heavy atom. The van der Waals surface area contributed by atoms with E-state index in [2.05, 4.69) is 5.10 Å². The lowest BCUT2D eigenvalue weighted by atomic mass is 9.88. The first-order valence-electron chi connectivity index (χ1n) is 11.9. The SMILES string of the molecule is O=c1c(OC2Cc3ccccc3CC2F)c(N2CCN(S(=O)(=O)CF)CC2)cnn1-c1cc(F)cc(F)c1. The van der Waals surface area contributed by atoms with Gasteiger partial charge in [-0.3, -0.25) is 4.79 Å². The lowest BCUT2D eigenvalue weighted by Gasteiger charge is -2.36. The third-order valence-electron chi connectivity index (χ3n) is 6.74. The number of benzene rings is 2. The molecule has 1 aliphatic heterocycles. The molecule has 8 nitrogen and oxygen atoms in total. The summed E-state index contributed by atoms with van der Waals surface area (Å²) < 4.78 is 87.5. The maximum absolute atomic E-state index is 15.2. The summed E-state index contributed by atoms with van der Waals surface area (Å²) >= 11 is 0. The zero-order valence-electron chi connectivity index (χ0n) is 20.1. The second kappa shape index (κ2) is 10.4. The van der Waals surface area contributed by atoms with Gasteiger partial charge in [-0.1, -0.05) is 24.3 Å². The molecule has 5 rings (SSSR count). The number of ether oxygens (including phenoxy) is 1. The molecule has 1 saturated heterocycles. The number of aromatic nitrogens is 2. The molecule has 2 heterocycles. The minimum atomic E-state index is -4.05. The zero-order valence-corrected chi connectivity index (χ0v) is 20.9. The number of alkyl halides is 2. The number of hydrogen-bond acceptors (Lipinski definition) is 6. The van der Waals surface area contributed by atoms with E-state index in [1.54, 1.807) is 4.90 Å². The van der Waals surface area contributed by atoms with Crippen LogP contribution < -0.4 is 15.2 Å². The second-order valence-corrected chi connectivity index (χ2v) is 11.1. The molecule has 3 aromatic rings. The normalized spacial score (nSPS) is 20.3. The van der Waals surface area contributed by atoms with Gasteiger partial charge in [0.2, 0.25) is 21.8 Å². The summed E-state index contributed by atoms with van der Waals surface area (Å²) in [7, 11) is -4.05. The van der Waals surface area contributed by atoms with E-state index < -0.39 is 45.5 Å². The minimum absolute atomic E-state index is 0.0492. The van der Waals surface area contributed by atoms with Gasteiger partial charge in [0.15, 0.2) is 0 Å². The topological polar surface area (TPSA) is 84.7 Å². The Hall–Kier alpha value is -3.45. The smallest absolute Gasteiger partial charge is 0.316 e. The van der Waals surface area contributed by atoms with E-state index in [4.69, 9.17) is 4.74 Å². The fraction of sp³-hybridized carbons (Fsp3) is 0.360. The van der Waals surface area contributed by atoms with Crippen molar-refractivity contribution in [1.82, 2.24) is 14.1 Å². The van der Waals surface area contributed by atoms with E-state index in [0.717, 1.165) is 32.2 Å². The molecule has 0 radical (unpaired) electrons. The monoisotopic (exact) mass is 552 g/mol. The Kier molecular flexibility index (Phi) is 7.14. The number of halogens is 4. The van der Waals surface area contributed by atoms with Crippen LogP contribution in [0.2, 0.25) is 0 Å². The molecular weight excluding hydrogens is 528 g/mol. The van der Waals surface area contributed by atoms with Crippen LogP contribution >= 0.6 is 0 Å². The fourth-order valence-electron chi connectivity index (χ4n) is 4.80. The van der Waals surface area contributed by atoms with Gasteiger partial charge in [-0.25, -0.2) is 26.0 Å². The van der Waals surface area contributed by atoms with Crippen LogP contribution in [0, 0.1) is 11.6 Å². The summed E-state index contributed by atoms with van der Waals surface area (Å²) in [5, 5.41) is 4.06. The standard InChI is InChI=1S/C25H24F4N4O4S/c26-15-38(35,36)32-7-5-31(6-8-32)22-14-30-33(20-12-18(27)11-19(28)13-20)25(34)24(22)37-23-10-17-4-2-1-3-16(17)9-21(23)29/h1-4,11-14,21,23H,5-10,15H2. The molecule has 0 bridgehead atoms. The van der Waals surface area contributed by atoms with E-state index in [0.29, 0.717) is 6.07 Å². The summed E-state index contributed by atoms with van der Waals surface area (Å²) in [6, 6.07) is 8.29. The van der Waals surface area contributed by atoms with E-state index in [1.165, 1.54) is 6.20 Å². The van der Waals surface area contributed by atoms with Crippen LogP contribution in [0.1, 0.15) is 11.1 Å². The van der Waals surface area contributed by atoms with Crippen molar-refractivity contribution in [3.63, 3.8) is 0 Å². The molecule has 2 atom stereocenters. The number of fused-ring (bicyclic) bond motifs is 1. The Morgan fingerprint density at radius 2 is 1.61 bits per heavy atom. The van der Waals surface area contributed by atoms with Crippen LogP contribution in [0.25, 0.3) is 5.69 Å². The Labute approximate surface area is 216 Å². The first kappa shape index (κ1) is 26.2. The molecule has 38 heavy (non-hydrogen) atoms. The van der Waals surface area contributed by atoms with Crippen LogP contribution in [0.5, 0.6) is 5.75 Å². The number of piperazine rings is 1. The zero-order chi connectivity index (χ0) is 27.0. The van der Waals surface area contributed by atoms with Gasteiger partial charge < -0.3 is 9.64 Å². The molecule has 202 valence electrons. The third-order valence-corrected chi connectivity index (χ3v) is 8.17. The predicted molar refractivity (Wildman–Crippen MR) is 132 cm³/mol. The molecule has 1 aliphatic carbocycles. The average molecular weight is 553 g/mol. The van der Waals surface area contributed by atoms with Crippen LogP contribution in [0.15, 0.2) is 53.5 Å². The van der Waals surface area contributed by atoms with Gasteiger partial charge in [0.1, 0.15) is 29.6 Å². The van der Waals surface area contributed by atoms with Crippen molar-refractivity contribution < 1.29 is 30.7 Å². The van der Waals surface area contributed by atoms with E-state index in [-0.39, 0.29) is 56.1 Å². The van der Waals surface area contributed by atoms with Crippen LogP contribution in [-0.2, 0) is 22.9 Å². The molecular formula is C25H24F4N4O4S. The fourth-order valence-corrected chi connectivity index (χ4v) is 5.65.